The summed E-state index contributed by atoms with van der Waals surface area (Å²) in [5, 5.41) is 4.41. The Bertz CT molecular complexity index is 1000. The molecule has 152 valence electrons. The summed E-state index contributed by atoms with van der Waals surface area (Å²) in [5.41, 5.74) is -2.32. The fraction of sp³-hybridized carbons (Fsp3) is 0.381. The first-order valence-corrected chi connectivity index (χ1v) is 9.36. The maximum Gasteiger partial charge on any atom is 0.407 e. The molecule has 0 N–H and O–H groups in total. The molecule has 0 radical (unpaired) electrons. The predicted molar refractivity (Wildman–Crippen MR) is 104 cm³/mol. The second-order valence-electron chi connectivity index (χ2n) is 6.67. The van der Waals surface area contributed by atoms with Crippen LogP contribution < -0.4 is 5.56 Å². The molecule has 1 aromatic heterocycles. The third-order valence-electron chi connectivity index (χ3n) is 4.76. The van der Waals surface area contributed by atoms with Crippen molar-refractivity contribution in [2.24, 2.45) is 5.10 Å². The smallest absolute Gasteiger partial charge is 0.372 e. The van der Waals surface area contributed by atoms with E-state index < -0.39 is 23.0 Å². The van der Waals surface area contributed by atoms with Crippen LogP contribution in [-0.4, -0.2) is 23.1 Å². The summed E-state index contributed by atoms with van der Waals surface area (Å²) in [6.45, 7) is 9.45. The lowest BCUT2D eigenvalue weighted by Crippen LogP contribution is -2.31. The lowest BCUT2D eigenvalue weighted by Gasteiger charge is -2.24. The predicted octanol–water partition coefficient (Wildman–Crippen LogP) is 5.27. The van der Waals surface area contributed by atoms with Gasteiger partial charge in [0.25, 0.3) is 11.2 Å². The largest absolute Gasteiger partial charge is 0.407 e. The second-order valence-corrected chi connectivity index (χ2v) is 6.67. The second kappa shape index (κ2) is 8.62. The van der Waals surface area contributed by atoms with Crippen LogP contribution in [0.3, 0.4) is 0 Å². The Balaban J connectivity index is 2.29. The number of rotatable bonds is 4. The number of ether oxygens (including phenoxy) is 1. The van der Waals surface area contributed by atoms with E-state index >= 15 is 0 Å². The molecule has 1 saturated carbocycles. The number of alkyl halides is 3. The molecule has 5 nitrogen and oxygen atoms in total. The number of pyridine rings is 1. The highest BCUT2D eigenvalue weighted by Crippen LogP contribution is 2.37. The third-order valence-corrected chi connectivity index (χ3v) is 4.76. The third kappa shape index (κ3) is 4.40. The Hall–Kier alpha value is -2.92. The highest BCUT2D eigenvalue weighted by molar-refractivity contribution is 5.89. The molecule has 1 aromatic carbocycles. The van der Waals surface area contributed by atoms with Gasteiger partial charge in [-0.05, 0) is 32.3 Å². The van der Waals surface area contributed by atoms with Crippen LogP contribution in [-0.2, 0) is 10.9 Å². The van der Waals surface area contributed by atoms with Crippen molar-refractivity contribution in [3.63, 3.8) is 0 Å². The van der Waals surface area contributed by atoms with Gasteiger partial charge < -0.3 is 4.74 Å². The van der Waals surface area contributed by atoms with Gasteiger partial charge in [-0.2, -0.15) is 18.3 Å². The minimum atomic E-state index is -4.83. The molecule has 0 saturated heterocycles. The molecule has 8 heteroatoms. The molecule has 3 rings (SSSR count). The van der Waals surface area contributed by atoms with Gasteiger partial charge in [-0.3, -0.25) is 4.79 Å². The Kier molecular flexibility index (Phi) is 6.18. The monoisotopic (exact) mass is 403 g/mol. The average molecular weight is 403 g/mol. The number of halogens is 3. The summed E-state index contributed by atoms with van der Waals surface area (Å²) in [6.07, 6.45) is -1.99. The highest BCUT2D eigenvalue weighted by atomic mass is 19.4. The molecule has 0 amide bonds. The van der Waals surface area contributed by atoms with Crippen LogP contribution in [0.15, 0.2) is 46.3 Å². The highest BCUT2D eigenvalue weighted by Gasteiger charge is 2.36. The van der Waals surface area contributed by atoms with Gasteiger partial charge in [-0.15, -0.1) is 0 Å². The zero-order valence-electron chi connectivity index (χ0n) is 15.9. The first-order valence-electron chi connectivity index (χ1n) is 9.36. The Morgan fingerprint density at radius 1 is 1.28 bits per heavy atom. The van der Waals surface area contributed by atoms with E-state index in [9.17, 15) is 18.0 Å². The van der Waals surface area contributed by atoms with E-state index in [0.29, 0.717) is 24.3 Å². The van der Waals surface area contributed by atoms with Crippen LogP contribution in [0.25, 0.3) is 16.1 Å². The van der Waals surface area contributed by atoms with Crippen molar-refractivity contribution in [1.82, 2.24) is 4.68 Å². The molecular formula is C21H20F3N3O2. The average Bonchev–Trinajstić information content (AvgIpc) is 2.70. The van der Waals surface area contributed by atoms with Gasteiger partial charge >= 0.3 is 6.18 Å². The summed E-state index contributed by atoms with van der Waals surface area (Å²) in [7, 11) is 0. The lowest BCUT2D eigenvalue weighted by molar-refractivity contribution is -0.136. The molecule has 1 heterocycles. The Morgan fingerprint density at radius 2 is 2.00 bits per heavy atom. The van der Waals surface area contributed by atoms with Crippen LogP contribution >= 0.6 is 0 Å². The molecule has 0 bridgehead atoms. The summed E-state index contributed by atoms with van der Waals surface area (Å²) in [4.78, 5) is 15.8. The van der Waals surface area contributed by atoms with Crippen molar-refractivity contribution in [2.75, 3.05) is 6.61 Å². The van der Waals surface area contributed by atoms with E-state index in [1.165, 1.54) is 0 Å². The molecule has 1 fully saturated rings. The zero-order chi connectivity index (χ0) is 21.0. The molecule has 2 aromatic rings. The van der Waals surface area contributed by atoms with E-state index in [0.717, 1.165) is 30.0 Å². The van der Waals surface area contributed by atoms with E-state index in [1.54, 1.807) is 30.3 Å². The quantitative estimate of drug-likeness (QED) is 0.653. The first-order chi connectivity index (χ1) is 13.9. The van der Waals surface area contributed by atoms with Crippen LogP contribution in [0, 0.1) is 6.57 Å². The molecule has 1 atom stereocenters. The summed E-state index contributed by atoms with van der Waals surface area (Å²) < 4.78 is 47.2. The van der Waals surface area contributed by atoms with Crippen LogP contribution in [0.1, 0.15) is 38.2 Å². The molecule has 0 spiro atoms. The van der Waals surface area contributed by atoms with E-state index in [1.807, 2.05) is 6.92 Å². The maximum atomic E-state index is 13.5. The van der Waals surface area contributed by atoms with Gasteiger partial charge in [0.15, 0.2) is 0 Å². The number of benzene rings is 1. The SMILES string of the molecule is [C-]#[N+]c1c(C(F)(F)F)cc(-c2ccccc2)n(/N=C2\CCCCC2OCC)c1=O. The van der Waals surface area contributed by atoms with Crippen molar-refractivity contribution < 1.29 is 17.9 Å². The van der Waals surface area contributed by atoms with Crippen molar-refractivity contribution in [2.45, 2.75) is 44.9 Å². The number of aromatic nitrogens is 1. The minimum absolute atomic E-state index is 0.0105. The van der Waals surface area contributed by atoms with Crippen molar-refractivity contribution in [3.8, 4) is 11.3 Å². The Morgan fingerprint density at radius 3 is 2.62 bits per heavy atom. The first kappa shape index (κ1) is 20.8. The maximum absolute atomic E-state index is 13.5. The number of hydrogen-bond donors (Lipinski definition) is 0. The van der Waals surface area contributed by atoms with Crippen LogP contribution in [0.4, 0.5) is 18.9 Å². The zero-order valence-corrected chi connectivity index (χ0v) is 15.9. The normalized spacial score (nSPS) is 18.6. The van der Waals surface area contributed by atoms with Crippen LogP contribution in [0.2, 0.25) is 0 Å². The van der Waals surface area contributed by atoms with Gasteiger partial charge in [0.2, 0.25) is 0 Å². The van der Waals surface area contributed by atoms with Crippen molar-refractivity contribution >= 4 is 11.4 Å². The van der Waals surface area contributed by atoms with Gasteiger partial charge in [0.05, 0.1) is 29.6 Å². The van der Waals surface area contributed by atoms with E-state index in [-0.39, 0.29) is 11.8 Å². The minimum Gasteiger partial charge on any atom is -0.372 e. The van der Waals surface area contributed by atoms with E-state index in [4.69, 9.17) is 11.3 Å². The summed E-state index contributed by atoms with van der Waals surface area (Å²) in [5.74, 6) is 0. The van der Waals surface area contributed by atoms with Crippen molar-refractivity contribution in [3.05, 3.63) is 63.7 Å². The molecule has 1 aliphatic carbocycles. The lowest BCUT2D eigenvalue weighted by atomic mass is 9.95. The summed E-state index contributed by atoms with van der Waals surface area (Å²) >= 11 is 0. The summed E-state index contributed by atoms with van der Waals surface area (Å²) in [6, 6.07) is 9.08. The molecule has 0 aliphatic heterocycles. The topological polar surface area (TPSA) is 48.0 Å². The standard InChI is InChI=1S/C21H20F3N3O2/c1-3-29-18-12-8-7-11-16(18)26-27-17(14-9-5-4-6-10-14)13-15(21(22,23)24)19(25-2)20(27)28/h4-6,9-10,13,18H,3,7-8,11-12H2,1H3/b26-16+. The molecular weight excluding hydrogens is 383 g/mol. The van der Waals surface area contributed by atoms with Gasteiger partial charge in [0.1, 0.15) is 0 Å². The number of hydrogen-bond acceptors (Lipinski definition) is 3. The van der Waals surface area contributed by atoms with Gasteiger partial charge in [-0.1, -0.05) is 36.8 Å². The van der Waals surface area contributed by atoms with Gasteiger partial charge in [0, 0.05) is 12.2 Å². The molecule has 29 heavy (non-hydrogen) atoms. The van der Waals surface area contributed by atoms with E-state index in [2.05, 4.69) is 9.95 Å². The number of nitrogens with zero attached hydrogens (tertiary/aromatic N) is 3. The fourth-order valence-electron chi connectivity index (χ4n) is 3.42. The molecule has 1 unspecified atom stereocenters. The molecule has 1 aliphatic rings. The van der Waals surface area contributed by atoms with Crippen LogP contribution in [0.5, 0.6) is 0 Å². The van der Waals surface area contributed by atoms with Crippen molar-refractivity contribution in [1.29, 1.82) is 0 Å². The fourth-order valence-corrected chi connectivity index (χ4v) is 3.42. The van der Waals surface area contributed by atoms with Gasteiger partial charge in [-0.25, -0.2) is 9.52 Å². The Labute approximate surface area is 166 Å².